The van der Waals surface area contributed by atoms with Gasteiger partial charge in [-0.05, 0) is 43.3 Å². The molecule has 4 heteroatoms. The van der Waals surface area contributed by atoms with Gasteiger partial charge in [-0.2, -0.15) is 0 Å². The van der Waals surface area contributed by atoms with E-state index in [1.165, 1.54) is 6.92 Å². The molecule has 0 N–H and O–H groups in total. The van der Waals surface area contributed by atoms with E-state index in [4.69, 9.17) is 9.47 Å². The smallest absolute Gasteiger partial charge is 0.308 e. The zero-order valence-corrected chi connectivity index (χ0v) is 14.4. The number of fused-ring (bicyclic) bond motifs is 1. The highest BCUT2D eigenvalue weighted by atomic mass is 16.5. The van der Waals surface area contributed by atoms with Crippen LogP contribution >= 0.6 is 0 Å². The fourth-order valence-electron chi connectivity index (χ4n) is 2.61. The van der Waals surface area contributed by atoms with Crippen LogP contribution in [0.2, 0.25) is 0 Å². The highest BCUT2D eigenvalue weighted by Crippen LogP contribution is 2.25. The molecule has 1 heterocycles. The molecule has 0 aliphatic rings. The van der Waals surface area contributed by atoms with Crippen molar-refractivity contribution in [2.75, 3.05) is 7.11 Å². The monoisotopic (exact) mass is 333 g/mol. The fraction of sp³-hybridized carbons (Fsp3) is 0.143. The lowest BCUT2D eigenvalue weighted by Gasteiger charge is -2.07. The number of carbonyl (C=O) groups excluding carboxylic acids is 1. The number of rotatable bonds is 4. The Balaban J connectivity index is 1.98. The molecule has 0 unspecified atom stereocenters. The maximum atomic E-state index is 11.3. The summed E-state index contributed by atoms with van der Waals surface area (Å²) in [6.07, 6.45) is 3.79. The molecule has 3 rings (SSSR count). The molecule has 25 heavy (non-hydrogen) atoms. The summed E-state index contributed by atoms with van der Waals surface area (Å²) in [5, 5.41) is 1.02. The molecule has 0 fully saturated rings. The van der Waals surface area contributed by atoms with Crippen molar-refractivity contribution in [2.24, 2.45) is 0 Å². The van der Waals surface area contributed by atoms with E-state index in [1.807, 2.05) is 61.5 Å². The SMILES string of the molecule is COc1cccc2ccc(C=Cc3cc(C)ccc3OC(C)=O)nc12. The Morgan fingerprint density at radius 2 is 1.88 bits per heavy atom. The van der Waals surface area contributed by atoms with Gasteiger partial charge >= 0.3 is 5.97 Å². The molecule has 3 aromatic rings. The van der Waals surface area contributed by atoms with E-state index in [1.54, 1.807) is 13.2 Å². The molecule has 0 aliphatic heterocycles. The fourth-order valence-corrected chi connectivity index (χ4v) is 2.61. The normalized spacial score (nSPS) is 11.0. The maximum absolute atomic E-state index is 11.3. The standard InChI is InChI=1S/C21H19NO3/c1-14-7-12-19(25-15(2)23)17(13-14)9-11-18-10-8-16-5-4-6-20(24-3)21(16)22-18/h4-13H,1-3H3. The van der Waals surface area contributed by atoms with Gasteiger partial charge in [0.1, 0.15) is 17.0 Å². The second kappa shape index (κ2) is 7.18. The van der Waals surface area contributed by atoms with Gasteiger partial charge in [0.05, 0.1) is 12.8 Å². The van der Waals surface area contributed by atoms with Crippen LogP contribution in [0.4, 0.5) is 0 Å². The summed E-state index contributed by atoms with van der Waals surface area (Å²) in [5.41, 5.74) is 3.53. The van der Waals surface area contributed by atoms with Crippen LogP contribution in [0.1, 0.15) is 23.7 Å². The van der Waals surface area contributed by atoms with Gasteiger partial charge in [0.25, 0.3) is 0 Å². The molecular formula is C21H19NO3. The van der Waals surface area contributed by atoms with Crippen LogP contribution in [0.3, 0.4) is 0 Å². The molecule has 0 bridgehead atoms. The number of carbonyl (C=O) groups is 1. The van der Waals surface area contributed by atoms with Crippen molar-refractivity contribution >= 4 is 29.0 Å². The zero-order valence-electron chi connectivity index (χ0n) is 14.4. The van der Waals surface area contributed by atoms with Crippen molar-refractivity contribution in [3.63, 3.8) is 0 Å². The number of methoxy groups -OCH3 is 1. The van der Waals surface area contributed by atoms with Gasteiger partial charge in [-0.1, -0.05) is 29.8 Å². The first kappa shape index (κ1) is 16.7. The van der Waals surface area contributed by atoms with Crippen molar-refractivity contribution in [1.82, 2.24) is 4.98 Å². The van der Waals surface area contributed by atoms with Gasteiger partial charge in [-0.25, -0.2) is 4.98 Å². The summed E-state index contributed by atoms with van der Waals surface area (Å²) < 4.78 is 10.6. The number of aromatic nitrogens is 1. The molecule has 0 saturated carbocycles. The Kier molecular flexibility index (Phi) is 4.80. The predicted molar refractivity (Wildman–Crippen MR) is 99.7 cm³/mol. The van der Waals surface area contributed by atoms with E-state index < -0.39 is 0 Å². The number of pyridine rings is 1. The minimum atomic E-state index is -0.341. The van der Waals surface area contributed by atoms with Crippen LogP contribution < -0.4 is 9.47 Å². The van der Waals surface area contributed by atoms with E-state index in [2.05, 4.69) is 4.98 Å². The lowest BCUT2D eigenvalue weighted by molar-refractivity contribution is -0.131. The molecule has 0 radical (unpaired) electrons. The molecule has 0 atom stereocenters. The summed E-state index contributed by atoms with van der Waals surface area (Å²) in [4.78, 5) is 15.9. The van der Waals surface area contributed by atoms with Gasteiger partial charge in [0.2, 0.25) is 0 Å². The van der Waals surface area contributed by atoms with Gasteiger partial charge in [0.15, 0.2) is 0 Å². The van der Waals surface area contributed by atoms with Gasteiger partial charge in [0, 0.05) is 17.9 Å². The molecule has 0 aliphatic carbocycles. The average Bonchev–Trinajstić information content (AvgIpc) is 2.60. The molecular weight excluding hydrogens is 314 g/mol. The maximum Gasteiger partial charge on any atom is 0.308 e. The quantitative estimate of drug-likeness (QED) is 0.515. The summed E-state index contributed by atoms with van der Waals surface area (Å²) in [5.74, 6) is 0.934. The van der Waals surface area contributed by atoms with Gasteiger partial charge in [-0.3, -0.25) is 4.79 Å². The third-order valence-corrected chi connectivity index (χ3v) is 3.78. The highest BCUT2D eigenvalue weighted by Gasteiger charge is 2.05. The molecule has 1 aromatic heterocycles. The molecule has 0 amide bonds. The van der Waals surface area contributed by atoms with Crippen LogP contribution in [0.5, 0.6) is 11.5 Å². The second-order valence-corrected chi connectivity index (χ2v) is 5.74. The van der Waals surface area contributed by atoms with Crippen LogP contribution in [0, 0.1) is 6.92 Å². The minimum Gasteiger partial charge on any atom is -0.494 e. The number of nitrogens with zero attached hydrogens (tertiary/aromatic N) is 1. The van der Waals surface area contributed by atoms with E-state index in [-0.39, 0.29) is 5.97 Å². The first-order valence-electron chi connectivity index (χ1n) is 7.98. The van der Waals surface area contributed by atoms with E-state index >= 15 is 0 Å². The van der Waals surface area contributed by atoms with Crippen LogP contribution in [0.25, 0.3) is 23.1 Å². The molecule has 2 aromatic carbocycles. The van der Waals surface area contributed by atoms with Crippen LogP contribution in [-0.4, -0.2) is 18.1 Å². The molecule has 126 valence electrons. The Morgan fingerprint density at radius 1 is 1.04 bits per heavy atom. The summed E-state index contributed by atoms with van der Waals surface area (Å²) in [7, 11) is 1.64. The summed E-state index contributed by atoms with van der Waals surface area (Å²) in [6, 6.07) is 15.5. The van der Waals surface area contributed by atoms with Crippen molar-refractivity contribution < 1.29 is 14.3 Å². The number of aryl methyl sites for hydroxylation is 1. The lowest BCUT2D eigenvalue weighted by atomic mass is 10.1. The van der Waals surface area contributed by atoms with Crippen molar-refractivity contribution in [1.29, 1.82) is 0 Å². The van der Waals surface area contributed by atoms with Gasteiger partial charge < -0.3 is 9.47 Å². The Hall–Kier alpha value is -3.14. The number of hydrogen-bond acceptors (Lipinski definition) is 4. The predicted octanol–water partition coefficient (Wildman–Crippen LogP) is 4.65. The number of para-hydroxylation sites is 1. The largest absolute Gasteiger partial charge is 0.494 e. The third-order valence-electron chi connectivity index (χ3n) is 3.78. The summed E-state index contributed by atoms with van der Waals surface area (Å²) in [6.45, 7) is 3.39. The first-order valence-corrected chi connectivity index (χ1v) is 7.98. The number of esters is 1. The number of benzene rings is 2. The van der Waals surface area contributed by atoms with Crippen molar-refractivity contribution in [3.05, 3.63) is 65.4 Å². The first-order chi connectivity index (χ1) is 12.1. The Labute approximate surface area is 146 Å². The van der Waals surface area contributed by atoms with Crippen molar-refractivity contribution in [3.8, 4) is 11.5 Å². The minimum absolute atomic E-state index is 0.341. The molecule has 0 spiro atoms. The van der Waals surface area contributed by atoms with E-state index in [0.29, 0.717) is 5.75 Å². The van der Waals surface area contributed by atoms with Crippen LogP contribution in [-0.2, 0) is 4.79 Å². The molecule has 4 nitrogen and oxygen atoms in total. The van der Waals surface area contributed by atoms with E-state index in [0.717, 1.165) is 33.5 Å². The Morgan fingerprint density at radius 3 is 2.64 bits per heavy atom. The lowest BCUT2D eigenvalue weighted by Crippen LogP contribution is -2.02. The average molecular weight is 333 g/mol. The summed E-state index contributed by atoms with van der Waals surface area (Å²) >= 11 is 0. The van der Waals surface area contributed by atoms with Gasteiger partial charge in [-0.15, -0.1) is 0 Å². The zero-order chi connectivity index (χ0) is 17.8. The number of hydrogen-bond donors (Lipinski definition) is 0. The second-order valence-electron chi connectivity index (χ2n) is 5.74. The highest BCUT2D eigenvalue weighted by molar-refractivity contribution is 5.86. The number of ether oxygens (including phenoxy) is 2. The van der Waals surface area contributed by atoms with Crippen molar-refractivity contribution in [2.45, 2.75) is 13.8 Å². The van der Waals surface area contributed by atoms with Crippen LogP contribution in [0.15, 0.2) is 48.5 Å². The van der Waals surface area contributed by atoms with E-state index in [9.17, 15) is 4.79 Å². The Bertz CT molecular complexity index is 961. The topological polar surface area (TPSA) is 48.4 Å². The third kappa shape index (κ3) is 3.86. The molecule has 0 saturated heterocycles.